The molecule has 0 amide bonds. The first-order valence-corrected chi connectivity index (χ1v) is 7.86. The molecule has 0 aromatic carbocycles. The van der Waals surface area contributed by atoms with Gasteiger partial charge in [0.1, 0.15) is 0 Å². The van der Waals surface area contributed by atoms with Crippen LogP contribution in [0.15, 0.2) is 6.07 Å². The zero-order chi connectivity index (χ0) is 13.2. The van der Waals surface area contributed by atoms with Gasteiger partial charge >= 0.3 is 5.51 Å². The van der Waals surface area contributed by atoms with Crippen molar-refractivity contribution in [1.82, 2.24) is 5.32 Å². The predicted octanol–water partition coefficient (Wildman–Crippen LogP) is 4.62. The monoisotopic (exact) mass is 315 g/mol. The molecule has 2 rings (SSSR count). The fraction of sp³-hybridized carbons (Fsp3) is 0.636. The molecule has 1 nitrogen and oxygen atoms in total. The largest absolute Gasteiger partial charge is 0.441 e. The average Bonchev–Trinajstić information content (AvgIpc) is 2.64. The highest BCUT2D eigenvalue weighted by atomic mass is 35.5. The van der Waals surface area contributed by atoms with Gasteiger partial charge in [0.2, 0.25) is 0 Å². The third kappa shape index (κ3) is 4.05. The first-order chi connectivity index (χ1) is 8.46. The number of nitrogens with one attached hydrogen (secondary N) is 1. The van der Waals surface area contributed by atoms with E-state index in [-0.39, 0.29) is 23.6 Å². The first kappa shape index (κ1) is 14.5. The maximum Gasteiger partial charge on any atom is 0.441 e. The summed E-state index contributed by atoms with van der Waals surface area (Å²) in [7, 11) is 0. The molecule has 1 atom stereocenters. The Hall–Kier alpha value is 0.0900. The van der Waals surface area contributed by atoms with Crippen molar-refractivity contribution >= 4 is 34.7 Å². The van der Waals surface area contributed by atoms with Gasteiger partial charge in [0, 0.05) is 23.2 Å². The van der Waals surface area contributed by atoms with Gasteiger partial charge in [-0.25, -0.2) is 0 Å². The molecule has 18 heavy (non-hydrogen) atoms. The van der Waals surface area contributed by atoms with Gasteiger partial charge in [-0.15, -0.1) is 11.3 Å². The zero-order valence-corrected chi connectivity index (χ0v) is 11.9. The van der Waals surface area contributed by atoms with Gasteiger partial charge < -0.3 is 5.32 Å². The summed E-state index contributed by atoms with van der Waals surface area (Å²) in [5.41, 5.74) is -2.96. The highest BCUT2D eigenvalue weighted by Gasteiger charge is 2.28. The van der Waals surface area contributed by atoms with E-state index in [9.17, 15) is 13.2 Å². The molecule has 0 fully saturated rings. The molecule has 7 heteroatoms. The summed E-state index contributed by atoms with van der Waals surface area (Å²) in [4.78, 5) is 1.27. The minimum atomic E-state index is -4.13. The summed E-state index contributed by atoms with van der Waals surface area (Å²) in [6, 6.07) is 2.10. The Morgan fingerprint density at radius 1 is 1.50 bits per heavy atom. The summed E-state index contributed by atoms with van der Waals surface area (Å²) in [5.74, 6) is 0.0488. The molecule has 1 aliphatic carbocycles. The Labute approximate surface area is 117 Å². The van der Waals surface area contributed by atoms with Gasteiger partial charge in [0.25, 0.3) is 0 Å². The van der Waals surface area contributed by atoms with Crippen LogP contribution >= 0.6 is 34.7 Å². The van der Waals surface area contributed by atoms with Gasteiger partial charge in [0.15, 0.2) is 0 Å². The second-order valence-corrected chi connectivity index (χ2v) is 7.05. The van der Waals surface area contributed by atoms with Gasteiger partial charge in [0.05, 0.1) is 4.34 Å². The van der Waals surface area contributed by atoms with E-state index in [0.717, 1.165) is 23.6 Å². The number of aryl methyl sites for hydroxylation is 1. The standard InChI is InChI=1S/C11H13ClF3NS2/c12-10-6-7-8(2-1-3-9(7)18-10)16-4-5-17-11(13,14)15/h6,8,16H,1-5H2. The van der Waals surface area contributed by atoms with Crippen LogP contribution in [0.5, 0.6) is 0 Å². The molecule has 1 heterocycles. The van der Waals surface area contributed by atoms with Gasteiger partial charge in [-0.3, -0.25) is 0 Å². The van der Waals surface area contributed by atoms with E-state index in [0.29, 0.717) is 6.54 Å². The normalized spacial score (nSPS) is 19.9. The summed E-state index contributed by atoms with van der Waals surface area (Å²) in [5, 5.41) is 3.19. The van der Waals surface area contributed by atoms with Crippen molar-refractivity contribution in [2.45, 2.75) is 30.8 Å². The van der Waals surface area contributed by atoms with Crippen LogP contribution in [0.4, 0.5) is 13.2 Å². The molecule has 102 valence electrons. The van der Waals surface area contributed by atoms with E-state index in [4.69, 9.17) is 11.6 Å². The summed E-state index contributed by atoms with van der Waals surface area (Å²) in [6.45, 7) is 0.363. The smallest absolute Gasteiger partial charge is 0.309 e. The molecule has 0 bridgehead atoms. The van der Waals surface area contributed by atoms with Crippen molar-refractivity contribution in [3.63, 3.8) is 0 Å². The Kier molecular flexibility index (Phi) is 4.86. The van der Waals surface area contributed by atoms with Gasteiger partial charge in [-0.1, -0.05) is 11.6 Å². The van der Waals surface area contributed by atoms with Crippen molar-refractivity contribution in [1.29, 1.82) is 0 Å². The Morgan fingerprint density at radius 2 is 2.28 bits per heavy atom. The summed E-state index contributed by atoms with van der Waals surface area (Å²) in [6.07, 6.45) is 3.06. The molecule has 1 aromatic heterocycles. The molecule has 0 saturated heterocycles. The van der Waals surface area contributed by atoms with Crippen molar-refractivity contribution in [3.8, 4) is 0 Å². The Balaban J connectivity index is 1.84. The maximum absolute atomic E-state index is 12.0. The van der Waals surface area contributed by atoms with E-state index in [1.165, 1.54) is 10.4 Å². The lowest BCUT2D eigenvalue weighted by Crippen LogP contribution is -2.26. The fourth-order valence-corrected chi connectivity index (χ4v) is 3.97. The van der Waals surface area contributed by atoms with Crippen LogP contribution in [-0.2, 0) is 6.42 Å². The Morgan fingerprint density at radius 3 is 3.00 bits per heavy atom. The molecule has 0 aliphatic heterocycles. The van der Waals surface area contributed by atoms with Gasteiger partial charge in [-0.2, -0.15) is 13.2 Å². The maximum atomic E-state index is 12.0. The lowest BCUT2D eigenvalue weighted by molar-refractivity contribution is -0.0327. The number of thioether (sulfide) groups is 1. The molecule has 1 N–H and O–H groups in total. The van der Waals surface area contributed by atoms with E-state index in [2.05, 4.69) is 5.32 Å². The van der Waals surface area contributed by atoms with Crippen LogP contribution in [-0.4, -0.2) is 17.8 Å². The van der Waals surface area contributed by atoms with E-state index in [1.54, 1.807) is 11.3 Å². The van der Waals surface area contributed by atoms with Crippen LogP contribution in [0.2, 0.25) is 4.34 Å². The number of fused-ring (bicyclic) bond motifs is 1. The lowest BCUT2D eigenvalue weighted by Gasteiger charge is -2.23. The number of thiophene rings is 1. The Bertz CT molecular complexity index is 405. The molecule has 1 aliphatic rings. The summed E-state index contributed by atoms with van der Waals surface area (Å²) < 4.78 is 36.7. The minimum Gasteiger partial charge on any atom is -0.309 e. The third-order valence-corrected chi connectivity index (χ3v) is 4.92. The summed E-state index contributed by atoms with van der Waals surface area (Å²) >= 11 is 7.58. The quantitative estimate of drug-likeness (QED) is 0.814. The van der Waals surface area contributed by atoms with E-state index in [1.807, 2.05) is 6.07 Å². The molecule has 1 aromatic rings. The van der Waals surface area contributed by atoms with Crippen molar-refractivity contribution in [3.05, 3.63) is 20.8 Å². The molecule has 1 unspecified atom stereocenters. The molecular formula is C11H13ClF3NS2. The molecular weight excluding hydrogens is 303 g/mol. The van der Waals surface area contributed by atoms with Crippen molar-refractivity contribution in [2.24, 2.45) is 0 Å². The van der Waals surface area contributed by atoms with Crippen molar-refractivity contribution in [2.75, 3.05) is 12.3 Å². The van der Waals surface area contributed by atoms with Crippen LogP contribution in [0, 0.1) is 0 Å². The third-order valence-electron chi connectivity index (χ3n) is 2.84. The van der Waals surface area contributed by atoms with Gasteiger partial charge in [-0.05, 0) is 42.7 Å². The molecule has 0 spiro atoms. The topological polar surface area (TPSA) is 12.0 Å². The highest BCUT2D eigenvalue weighted by molar-refractivity contribution is 8.00. The van der Waals surface area contributed by atoms with Crippen LogP contribution in [0.3, 0.4) is 0 Å². The van der Waals surface area contributed by atoms with E-state index < -0.39 is 5.51 Å². The SMILES string of the molecule is FC(F)(F)SCCNC1CCCc2sc(Cl)cc21. The number of alkyl halides is 3. The lowest BCUT2D eigenvalue weighted by atomic mass is 9.94. The minimum absolute atomic E-state index is 0.0227. The van der Waals surface area contributed by atoms with Crippen molar-refractivity contribution < 1.29 is 13.2 Å². The predicted molar refractivity (Wildman–Crippen MR) is 71.5 cm³/mol. The molecule has 0 radical (unpaired) electrons. The van der Waals surface area contributed by atoms with E-state index >= 15 is 0 Å². The fourth-order valence-electron chi connectivity index (χ4n) is 2.13. The second kappa shape index (κ2) is 6.03. The average molecular weight is 316 g/mol. The second-order valence-electron chi connectivity index (χ2n) is 4.12. The van der Waals surface area contributed by atoms with Crippen LogP contribution in [0.25, 0.3) is 0 Å². The number of halogens is 4. The van der Waals surface area contributed by atoms with Crippen LogP contribution in [0.1, 0.15) is 29.3 Å². The number of hydrogen-bond acceptors (Lipinski definition) is 3. The molecule has 0 saturated carbocycles. The number of rotatable bonds is 4. The zero-order valence-electron chi connectivity index (χ0n) is 9.52. The van der Waals surface area contributed by atoms with Crippen LogP contribution < -0.4 is 5.32 Å². The number of hydrogen-bond donors (Lipinski definition) is 1. The highest BCUT2D eigenvalue weighted by Crippen LogP contribution is 2.38. The first-order valence-electron chi connectivity index (χ1n) is 5.68.